The Bertz CT molecular complexity index is 669. The first kappa shape index (κ1) is 21.2. The SMILES string of the molecule is C/C=C/CCC1CCC2CC(C3CCc4cc(CCCC)ccc4C3)CCC2C1. The van der Waals surface area contributed by atoms with Crippen molar-refractivity contribution in [2.24, 2.45) is 29.6 Å². The average molecular weight is 393 g/mol. The minimum absolute atomic E-state index is 0.970. The van der Waals surface area contributed by atoms with Gasteiger partial charge < -0.3 is 0 Å². The highest BCUT2D eigenvalue weighted by Crippen LogP contribution is 2.49. The van der Waals surface area contributed by atoms with Gasteiger partial charge in [0.25, 0.3) is 0 Å². The first-order valence-electron chi connectivity index (χ1n) is 13.0. The fourth-order valence-corrected chi connectivity index (χ4v) is 6.99. The Morgan fingerprint density at radius 2 is 1.69 bits per heavy atom. The Labute approximate surface area is 180 Å². The molecule has 0 spiro atoms. The average Bonchev–Trinajstić information content (AvgIpc) is 2.77. The van der Waals surface area contributed by atoms with Crippen LogP contribution in [0.1, 0.15) is 101 Å². The molecule has 2 saturated carbocycles. The van der Waals surface area contributed by atoms with E-state index in [0.717, 1.165) is 29.6 Å². The predicted molar refractivity (Wildman–Crippen MR) is 126 cm³/mol. The summed E-state index contributed by atoms with van der Waals surface area (Å²) in [6.45, 7) is 4.46. The van der Waals surface area contributed by atoms with Crippen molar-refractivity contribution < 1.29 is 0 Å². The molecule has 0 aromatic heterocycles. The number of hydrogen-bond acceptors (Lipinski definition) is 0. The van der Waals surface area contributed by atoms with Crippen molar-refractivity contribution in [3.63, 3.8) is 0 Å². The Morgan fingerprint density at radius 1 is 0.897 bits per heavy atom. The van der Waals surface area contributed by atoms with E-state index in [1.54, 1.807) is 29.5 Å². The molecule has 160 valence electrons. The third kappa shape index (κ3) is 5.36. The maximum atomic E-state index is 2.55. The molecule has 3 aliphatic rings. The van der Waals surface area contributed by atoms with Gasteiger partial charge in [0.1, 0.15) is 0 Å². The topological polar surface area (TPSA) is 0 Å². The number of rotatable bonds is 7. The summed E-state index contributed by atoms with van der Waals surface area (Å²) in [5.74, 6) is 5.13. The van der Waals surface area contributed by atoms with Gasteiger partial charge >= 0.3 is 0 Å². The highest BCUT2D eigenvalue weighted by molar-refractivity contribution is 5.34. The van der Waals surface area contributed by atoms with Gasteiger partial charge in [-0.1, -0.05) is 50.1 Å². The molecular formula is C29H44. The monoisotopic (exact) mass is 392 g/mol. The van der Waals surface area contributed by atoms with Gasteiger partial charge in [-0.2, -0.15) is 0 Å². The lowest BCUT2D eigenvalue weighted by Gasteiger charge is -2.45. The van der Waals surface area contributed by atoms with Crippen molar-refractivity contribution >= 4 is 0 Å². The lowest BCUT2D eigenvalue weighted by atomic mass is 9.61. The maximum Gasteiger partial charge on any atom is -0.0245 e. The normalized spacial score (nSPS) is 32.1. The first-order chi connectivity index (χ1) is 14.3. The standard InChI is InChI=1S/C29H44/c1-3-5-7-9-23-11-13-27-21-29(17-15-25(27)19-23)28-16-14-24-18-22(8-6-4-2)10-12-26(24)20-28/h3,5,10,12,18,23,25,27-29H,4,6-9,11,13-17,19-21H2,1-2H3/b5-3+. The van der Waals surface area contributed by atoms with Gasteiger partial charge in [0.2, 0.25) is 0 Å². The van der Waals surface area contributed by atoms with E-state index in [2.05, 4.69) is 44.2 Å². The van der Waals surface area contributed by atoms with Crippen LogP contribution >= 0.6 is 0 Å². The van der Waals surface area contributed by atoms with Crippen molar-refractivity contribution in [3.05, 3.63) is 47.0 Å². The van der Waals surface area contributed by atoms with E-state index in [0.29, 0.717) is 0 Å². The van der Waals surface area contributed by atoms with Crippen LogP contribution in [-0.2, 0) is 19.3 Å². The quantitative estimate of drug-likeness (QED) is 0.409. The van der Waals surface area contributed by atoms with E-state index in [1.165, 1.54) is 77.0 Å². The molecule has 3 aliphatic carbocycles. The fraction of sp³-hybridized carbons (Fsp3) is 0.724. The number of fused-ring (bicyclic) bond motifs is 2. The minimum Gasteiger partial charge on any atom is -0.0917 e. The second kappa shape index (κ2) is 10.3. The molecule has 2 fully saturated rings. The summed E-state index contributed by atoms with van der Waals surface area (Å²) >= 11 is 0. The first-order valence-corrected chi connectivity index (χ1v) is 13.0. The zero-order valence-corrected chi connectivity index (χ0v) is 19.2. The highest BCUT2D eigenvalue weighted by atomic mass is 14.4. The van der Waals surface area contributed by atoms with Gasteiger partial charge in [-0.3, -0.25) is 0 Å². The zero-order valence-electron chi connectivity index (χ0n) is 19.2. The summed E-state index contributed by atoms with van der Waals surface area (Å²) in [4.78, 5) is 0. The Balaban J connectivity index is 1.29. The van der Waals surface area contributed by atoms with Crippen molar-refractivity contribution in [2.75, 3.05) is 0 Å². The van der Waals surface area contributed by atoms with Crippen LogP contribution in [0.3, 0.4) is 0 Å². The van der Waals surface area contributed by atoms with E-state index in [1.807, 2.05) is 0 Å². The van der Waals surface area contributed by atoms with Crippen molar-refractivity contribution in [3.8, 4) is 0 Å². The summed E-state index contributed by atoms with van der Waals surface area (Å²) in [5.41, 5.74) is 4.96. The molecule has 0 amide bonds. The summed E-state index contributed by atoms with van der Waals surface area (Å²) in [6.07, 6.45) is 24.6. The van der Waals surface area contributed by atoms with E-state index in [9.17, 15) is 0 Å². The van der Waals surface area contributed by atoms with Crippen LogP contribution in [0.5, 0.6) is 0 Å². The molecule has 1 aromatic rings. The molecule has 5 atom stereocenters. The van der Waals surface area contributed by atoms with Gasteiger partial charge in [-0.05, 0) is 130 Å². The molecule has 0 aliphatic heterocycles. The number of aryl methyl sites for hydroxylation is 2. The molecule has 0 N–H and O–H groups in total. The van der Waals surface area contributed by atoms with E-state index in [4.69, 9.17) is 0 Å². The van der Waals surface area contributed by atoms with E-state index < -0.39 is 0 Å². The van der Waals surface area contributed by atoms with E-state index >= 15 is 0 Å². The fourth-order valence-electron chi connectivity index (χ4n) is 6.99. The molecule has 4 rings (SSSR count). The van der Waals surface area contributed by atoms with Crippen LogP contribution < -0.4 is 0 Å². The van der Waals surface area contributed by atoms with Crippen LogP contribution in [0.15, 0.2) is 30.4 Å². The number of allylic oxidation sites excluding steroid dienone is 2. The van der Waals surface area contributed by atoms with Crippen LogP contribution in [0.4, 0.5) is 0 Å². The minimum atomic E-state index is 0.970. The molecule has 0 nitrogen and oxygen atoms in total. The van der Waals surface area contributed by atoms with Crippen LogP contribution in [0, 0.1) is 29.6 Å². The second-order valence-corrected chi connectivity index (χ2v) is 10.6. The van der Waals surface area contributed by atoms with Crippen molar-refractivity contribution in [2.45, 2.75) is 104 Å². The van der Waals surface area contributed by atoms with Crippen LogP contribution in [0.25, 0.3) is 0 Å². The van der Waals surface area contributed by atoms with Gasteiger partial charge in [0.05, 0.1) is 0 Å². The largest absolute Gasteiger partial charge is 0.0917 e. The predicted octanol–water partition coefficient (Wildman–Crippen LogP) is 8.32. The lowest BCUT2D eigenvalue weighted by Crippen LogP contribution is -2.35. The van der Waals surface area contributed by atoms with Gasteiger partial charge in [-0.15, -0.1) is 0 Å². The Hall–Kier alpha value is -1.04. The number of hydrogen-bond donors (Lipinski definition) is 0. The number of unbranched alkanes of at least 4 members (excludes halogenated alkanes) is 1. The Morgan fingerprint density at radius 3 is 2.52 bits per heavy atom. The van der Waals surface area contributed by atoms with E-state index in [-0.39, 0.29) is 0 Å². The molecular weight excluding hydrogens is 348 g/mol. The maximum absolute atomic E-state index is 2.55. The third-order valence-electron chi connectivity index (χ3n) is 8.76. The van der Waals surface area contributed by atoms with Gasteiger partial charge in [-0.25, -0.2) is 0 Å². The zero-order chi connectivity index (χ0) is 20.1. The Kier molecular flexibility index (Phi) is 7.54. The number of benzene rings is 1. The third-order valence-corrected chi connectivity index (χ3v) is 8.76. The van der Waals surface area contributed by atoms with Gasteiger partial charge in [0.15, 0.2) is 0 Å². The summed E-state index contributed by atoms with van der Waals surface area (Å²) in [7, 11) is 0. The molecule has 0 heterocycles. The molecule has 0 saturated heterocycles. The van der Waals surface area contributed by atoms with Crippen molar-refractivity contribution in [1.82, 2.24) is 0 Å². The molecule has 1 aromatic carbocycles. The summed E-state index contributed by atoms with van der Waals surface area (Å²) < 4.78 is 0. The highest BCUT2D eigenvalue weighted by Gasteiger charge is 2.38. The molecule has 0 bridgehead atoms. The summed E-state index contributed by atoms with van der Waals surface area (Å²) in [6, 6.07) is 7.48. The van der Waals surface area contributed by atoms with Crippen LogP contribution in [0.2, 0.25) is 0 Å². The smallest absolute Gasteiger partial charge is 0.0245 e. The second-order valence-electron chi connectivity index (χ2n) is 10.6. The molecule has 29 heavy (non-hydrogen) atoms. The van der Waals surface area contributed by atoms with Crippen LogP contribution in [-0.4, -0.2) is 0 Å². The lowest BCUT2D eigenvalue weighted by molar-refractivity contribution is 0.0699. The molecule has 0 radical (unpaired) electrons. The molecule has 0 heteroatoms. The van der Waals surface area contributed by atoms with Gasteiger partial charge in [0, 0.05) is 0 Å². The van der Waals surface area contributed by atoms with Crippen molar-refractivity contribution in [1.29, 1.82) is 0 Å². The molecule has 5 unspecified atom stereocenters. The summed E-state index contributed by atoms with van der Waals surface area (Å²) in [5, 5.41) is 0.